The number of nitrogens with two attached hydrogens (primary N) is 2. The van der Waals surface area contributed by atoms with Gasteiger partial charge in [0.2, 0.25) is 0 Å². The molecule has 0 amide bonds. The molecule has 1 aromatic carbocycles. The molecule has 0 aliphatic rings. The first-order valence-corrected chi connectivity index (χ1v) is 6.92. The smallest absolute Gasteiger partial charge is 0.119 e. The molecule has 0 fully saturated rings. The molecule has 0 spiro atoms. The Hall–Kier alpha value is -1.68. The second kappa shape index (κ2) is 6.31. The van der Waals surface area contributed by atoms with E-state index in [0.29, 0.717) is 0 Å². The van der Waals surface area contributed by atoms with Crippen LogP contribution in [0.2, 0.25) is 0 Å². The normalized spacial score (nSPS) is 10.4. The lowest BCUT2D eigenvalue weighted by atomic mass is 10.1. The largest absolute Gasteiger partial charge is 0.399 e. The van der Waals surface area contributed by atoms with E-state index in [4.69, 9.17) is 11.5 Å². The van der Waals surface area contributed by atoms with E-state index in [1.54, 1.807) is 18.0 Å². The molecule has 4 N–H and O–H groups in total. The molecule has 0 aliphatic carbocycles. The van der Waals surface area contributed by atoms with Gasteiger partial charge in [-0.15, -0.1) is 11.8 Å². The highest BCUT2D eigenvalue weighted by atomic mass is 32.2. The molecule has 0 saturated carbocycles. The number of pyridine rings is 1. The lowest BCUT2D eigenvalue weighted by Crippen LogP contribution is -1.93. The summed E-state index contributed by atoms with van der Waals surface area (Å²) in [6.07, 6.45) is 3.89. The van der Waals surface area contributed by atoms with Crippen LogP contribution in [0, 0.1) is 0 Å². The molecule has 0 unspecified atom stereocenters. The van der Waals surface area contributed by atoms with Crippen LogP contribution >= 0.6 is 11.8 Å². The summed E-state index contributed by atoms with van der Waals surface area (Å²) in [6.45, 7) is 0. The number of hydrogen-bond donors (Lipinski definition) is 2. The third-order valence-electron chi connectivity index (χ3n) is 2.60. The summed E-state index contributed by atoms with van der Waals surface area (Å²) in [5.41, 5.74) is 14.4. The van der Waals surface area contributed by atoms with E-state index < -0.39 is 0 Å². The SMILES string of the molecule is Nc1cccc(CCCSc2ncccc2N)c1. The molecule has 0 aliphatic heterocycles. The minimum absolute atomic E-state index is 0.756. The predicted octanol–water partition coefficient (Wildman–Crippen LogP) is 2.97. The Balaban J connectivity index is 1.78. The summed E-state index contributed by atoms with van der Waals surface area (Å²) in [5, 5.41) is 0.921. The van der Waals surface area contributed by atoms with Gasteiger partial charge in [-0.25, -0.2) is 4.98 Å². The molecule has 94 valence electrons. The van der Waals surface area contributed by atoms with Gasteiger partial charge < -0.3 is 11.5 Å². The first-order chi connectivity index (χ1) is 8.75. The van der Waals surface area contributed by atoms with Crippen molar-refractivity contribution in [3.8, 4) is 0 Å². The molecular formula is C14H17N3S. The number of benzene rings is 1. The molecule has 2 rings (SSSR count). The van der Waals surface area contributed by atoms with E-state index in [0.717, 1.165) is 35.0 Å². The van der Waals surface area contributed by atoms with Crippen LogP contribution in [0.3, 0.4) is 0 Å². The Morgan fingerprint density at radius 1 is 1.11 bits per heavy atom. The van der Waals surface area contributed by atoms with Gasteiger partial charge in [0.25, 0.3) is 0 Å². The Kier molecular flexibility index (Phi) is 4.47. The lowest BCUT2D eigenvalue weighted by Gasteiger charge is -2.04. The zero-order valence-corrected chi connectivity index (χ0v) is 11.0. The summed E-state index contributed by atoms with van der Waals surface area (Å²) in [7, 11) is 0. The van der Waals surface area contributed by atoms with Gasteiger partial charge in [-0.1, -0.05) is 12.1 Å². The summed E-state index contributed by atoms with van der Waals surface area (Å²) in [6, 6.07) is 11.8. The molecular weight excluding hydrogens is 242 g/mol. The number of hydrogen-bond acceptors (Lipinski definition) is 4. The third-order valence-corrected chi connectivity index (χ3v) is 3.71. The quantitative estimate of drug-likeness (QED) is 0.492. The lowest BCUT2D eigenvalue weighted by molar-refractivity contribution is 0.931. The number of nitrogen functional groups attached to an aromatic ring is 2. The maximum Gasteiger partial charge on any atom is 0.119 e. The minimum Gasteiger partial charge on any atom is -0.399 e. The van der Waals surface area contributed by atoms with Crippen molar-refractivity contribution in [2.45, 2.75) is 17.9 Å². The first-order valence-electron chi connectivity index (χ1n) is 5.93. The van der Waals surface area contributed by atoms with Crippen molar-refractivity contribution in [1.82, 2.24) is 4.98 Å². The van der Waals surface area contributed by atoms with Crippen LogP contribution in [0.15, 0.2) is 47.6 Å². The van der Waals surface area contributed by atoms with Gasteiger partial charge in [0.1, 0.15) is 5.03 Å². The van der Waals surface area contributed by atoms with Crippen molar-refractivity contribution >= 4 is 23.1 Å². The Bertz CT molecular complexity index is 514. The van der Waals surface area contributed by atoms with Crippen LogP contribution in [0.1, 0.15) is 12.0 Å². The Morgan fingerprint density at radius 2 is 2.00 bits per heavy atom. The Morgan fingerprint density at radius 3 is 2.78 bits per heavy atom. The second-order valence-corrected chi connectivity index (χ2v) is 5.18. The number of aromatic nitrogens is 1. The molecule has 1 aromatic heterocycles. The molecule has 18 heavy (non-hydrogen) atoms. The highest BCUT2D eigenvalue weighted by Crippen LogP contribution is 2.22. The second-order valence-electron chi connectivity index (χ2n) is 4.09. The molecule has 0 saturated heterocycles. The van der Waals surface area contributed by atoms with Crippen molar-refractivity contribution in [2.24, 2.45) is 0 Å². The molecule has 2 aromatic rings. The van der Waals surface area contributed by atoms with Crippen LogP contribution in [-0.2, 0) is 6.42 Å². The van der Waals surface area contributed by atoms with Crippen molar-refractivity contribution in [3.05, 3.63) is 48.2 Å². The van der Waals surface area contributed by atoms with Gasteiger partial charge in [0.15, 0.2) is 0 Å². The van der Waals surface area contributed by atoms with E-state index in [1.165, 1.54) is 5.56 Å². The van der Waals surface area contributed by atoms with Gasteiger partial charge in [0, 0.05) is 11.9 Å². The molecule has 1 heterocycles. The topological polar surface area (TPSA) is 64.9 Å². The van der Waals surface area contributed by atoms with Crippen molar-refractivity contribution in [1.29, 1.82) is 0 Å². The number of rotatable bonds is 5. The van der Waals surface area contributed by atoms with Gasteiger partial charge in [0.05, 0.1) is 5.69 Å². The number of anilines is 2. The van der Waals surface area contributed by atoms with E-state index in [2.05, 4.69) is 11.1 Å². The van der Waals surface area contributed by atoms with E-state index in [-0.39, 0.29) is 0 Å². The number of thioether (sulfide) groups is 1. The van der Waals surface area contributed by atoms with Crippen molar-refractivity contribution < 1.29 is 0 Å². The fourth-order valence-corrected chi connectivity index (χ4v) is 2.57. The van der Waals surface area contributed by atoms with E-state index in [1.807, 2.05) is 30.3 Å². The zero-order chi connectivity index (χ0) is 12.8. The fraction of sp³-hybridized carbons (Fsp3) is 0.214. The standard InChI is InChI=1S/C14H17N3S/c15-12-6-1-4-11(10-12)5-3-9-18-14-13(16)7-2-8-17-14/h1-2,4,6-8,10H,3,5,9,15-16H2. The number of nitrogens with zero attached hydrogens (tertiary/aromatic N) is 1. The molecule has 0 bridgehead atoms. The maximum absolute atomic E-state index is 5.83. The summed E-state index contributed by atoms with van der Waals surface area (Å²) >= 11 is 1.70. The van der Waals surface area contributed by atoms with Gasteiger partial charge in [-0.05, 0) is 48.4 Å². The maximum atomic E-state index is 5.83. The highest BCUT2D eigenvalue weighted by Gasteiger charge is 2.00. The van der Waals surface area contributed by atoms with Crippen LogP contribution in [0.25, 0.3) is 0 Å². The molecule has 4 heteroatoms. The monoisotopic (exact) mass is 259 g/mol. The van der Waals surface area contributed by atoms with Crippen LogP contribution in [0.4, 0.5) is 11.4 Å². The average molecular weight is 259 g/mol. The third kappa shape index (κ3) is 3.67. The average Bonchev–Trinajstić information content (AvgIpc) is 2.37. The van der Waals surface area contributed by atoms with Gasteiger partial charge in [-0.2, -0.15) is 0 Å². The van der Waals surface area contributed by atoms with E-state index in [9.17, 15) is 0 Å². The zero-order valence-electron chi connectivity index (χ0n) is 10.2. The summed E-state index contributed by atoms with van der Waals surface area (Å²) in [4.78, 5) is 4.25. The van der Waals surface area contributed by atoms with Gasteiger partial charge in [-0.3, -0.25) is 0 Å². The molecule has 3 nitrogen and oxygen atoms in total. The molecule has 0 radical (unpaired) electrons. The fourth-order valence-electron chi connectivity index (χ4n) is 1.72. The van der Waals surface area contributed by atoms with Crippen molar-refractivity contribution in [2.75, 3.05) is 17.2 Å². The predicted molar refractivity (Wildman–Crippen MR) is 78.5 cm³/mol. The van der Waals surface area contributed by atoms with Crippen LogP contribution < -0.4 is 11.5 Å². The molecule has 0 atom stereocenters. The van der Waals surface area contributed by atoms with Crippen LogP contribution in [0.5, 0.6) is 0 Å². The first kappa shape index (κ1) is 12.8. The highest BCUT2D eigenvalue weighted by molar-refractivity contribution is 7.99. The van der Waals surface area contributed by atoms with Crippen molar-refractivity contribution in [3.63, 3.8) is 0 Å². The number of aryl methyl sites for hydroxylation is 1. The van der Waals surface area contributed by atoms with Crippen LogP contribution in [-0.4, -0.2) is 10.7 Å². The van der Waals surface area contributed by atoms with E-state index >= 15 is 0 Å². The summed E-state index contributed by atoms with van der Waals surface area (Å²) < 4.78 is 0. The minimum atomic E-state index is 0.756. The Labute approximate surface area is 112 Å². The van der Waals surface area contributed by atoms with Gasteiger partial charge >= 0.3 is 0 Å². The summed E-state index contributed by atoms with van der Waals surface area (Å²) in [5.74, 6) is 1.01.